The van der Waals surface area contributed by atoms with Gasteiger partial charge in [0.15, 0.2) is 0 Å². The zero-order valence-corrected chi connectivity index (χ0v) is 9.46. The Balaban J connectivity index is -0.0000000312. The van der Waals surface area contributed by atoms with E-state index in [1.54, 1.807) is 6.92 Å². The van der Waals surface area contributed by atoms with Crippen LogP contribution >= 0.6 is 0 Å². The lowest BCUT2D eigenvalue weighted by atomic mass is 10.2. The molecule has 2 amide bonds. The highest BCUT2D eigenvalue weighted by atomic mass is 16.2. The van der Waals surface area contributed by atoms with Crippen LogP contribution in [0.1, 0.15) is 99.9 Å². The van der Waals surface area contributed by atoms with E-state index in [9.17, 15) is 19.2 Å². The summed E-state index contributed by atoms with van der Waals surface area (Å²) in [6, 6.07) is 0. The highest BCUT2D eigenvalue weighted by Gasteiger charge is 2.08. The minimum Gasteiger partial charge on any atom is -0.338 e. The Hall–Kier alpha value is -1.72. The molecule has 0 fully saturated rings. The highest BCUT2D eigenvalue weighted by molar-refractivity contribution is 5.98. The number of nitrogens with one attached hydrogen (secondary N) is 2. The van der Waals surface area contributed by atoms with Crippen LogP contribution in [0.5, 0.6) is 0 Å². The zero-order chi connectivity index (χ0) is 12.6. The second-order valence-corrected chi connectivity index (χ2v) is 3.32. The average Bonchev–Trinajstić information content (AvgIpc) is 2.16. The van der Waals surface area contributed by atoms with Gasteiger partial charge >= 0.3 is 0 Å². The van der Waals surface area contributed by atoms with Crippen LogP contribution < -0.4 is 10.6 Å². The summed E-state index contributed by atoms with van der Waals surface area (Å²) in [6.45, 7) is 2.91. The van der Waals surface area contributed by atoms with E-state index in [0.717, 1.165) is 0 Å². The van der Waals surface area contributed by atoms with E-state index in [1.165, 1.54) is 6.92 Å². The monoisotopic (exact) mass is 372 g/mol. The van der Waals surface area contributed by atoms with E-state index in [0.29, 0.717) is 6.42 Å². The molecule has 0 atom stereocenters. The van der Waals surface area contributed by atoms with Crippen LogP contribution in [0.15, 0.2) is 0 Å². The van der Waals surface area contributed by atoms with Crippen LogP contribution in [0.3, 0.4) is 0 Å². The molecule has 0 unspecified atom stereocenters. The summed E-state index contributed by atoms with van der Waals surface area (Å²) in [6.07, 6.45) is -0.0764. The molecule has 0 saturated heterocycles. The molecule has 2 N–H and O–H groups in total. The van der Waals surface area contributed by atoms with Gasteiger partial charge in [0.1, 0.15) is 11.6 Å². The number of hydrogen-bond donors (Lipinski definition) is 2. The molecule has 6 nitrogen and oxygen atoms in total. The fourth-order valence-corrected chi connectivity index (χ4v) is 0.897. The summed E-state index contributed by atoms with van der Waals surface area (Å²) in [4.78, 5) is 43.4. The number of amides is 2. The van der Waals surface area contributed by atoms with Gasteiger partial charge in [-0.25, -0.2) is 0 Å². The van der Waals surface area contributed by atoms with Crippen molar-refractivity contribution in [3.05, 3.63) is 0 Å². The van der Waals surface area contributed by atoms with Gasteiger partial charge < -0.3 is 10.6 Å². The summed E-state index contributed by atoms with van der Waals surface area (Å²) < 4.78 is 0. The van der Waals surface area contributed by atoms with Crippen molar-refractivity contribution in [2.45, 2.75) is 99.9 Å². The van der Waals surface area contributed by atoms with Crippen LogP contribution in [0.2, 0.25) is 0 Å². The third kappa shape index (κ3) is 44.9. The van der Waals surface area contributed by atoms with Gasteiger partial charge in [-0.3, -0.25) is 19.2 Å². The maximum atomic E-state index is 11.1. The fraction of sp³-hybridized carbons (Fsp3) is 0.789. The molecule has 0 bridgehead atoms. The smallest absolute Gasteiger partial charge is 0.228 e. The number of Topliss-reactive ketones (excluding diaryl/α,β-unsaturated/α-hetero) is 2. The molecule has 6 heteroatoms. The van der Waals surface area contributed by atoms with Crippen LogP contribution in [0.4, 0.5) is 0 Å². The second kappa shape index (κ2) is 38.1. The first kappa shape index (κ1) is 65.5. The summed E-state index contributed by atoms with van der Waals surface area (Å²) >= 11 is 0. The number of carbonyl (C=O) groups excluding carboxylic acids is 4. The normalized spacial score (nSPS) is 6.00. The van der Waals surface area contributed by atoms with Crippen molar-refractivity contribution in [2.75, 3.05) is 6.67 Å². The third-order valence-corrected chi connectivity index (χ3v) is 1.73. The Morgan fingerprint density at radius 2 is 0.960 bits per heavy atom. The number of ketones is 2. The molecule has 0 spiro atoms. The molecule has 0 aromatic carbocycles. The lowest BCUT2D eigenvalue weighted by Gasteiger charge is -2.05. The van der Waals surface area contributed by atoms with Gasteiger partial charge in [-0.2, -0.15) is 0 Å². The minimum atomic E-state index is -0.449. The van der Waals surface area contributed by atoms with E-state index >= 15 is 0 Å². The molecule has 162 valence electrons. The Bertz CT molecular complexity index is 304. The molecule has 0 heterocycles. The van der Waals surface area contributed by atoms with E-state index < -0.39 is 11.8 Å². The van der Waals surface area contributed by atoms with Crippen LogP contribution in [0.25, 0.3) is 0 Å². The minimum absolute atomic E-state index is 0. The Labute approximate surface area is 160 Å². The Kier molecular flexibility index (Phi) is 99.8. The molecular formula is C19H52N2O4. The van der Waals surface area contributed by atoms with Crippen LogP contribution in [0, 0.1) is 0 Å². The predicted octanol–water partition coefficient (Wildman–Crippen LogP) is 5.25. The van der Waals surface area contributed by atoms with Crippen molar-refractivity contribution in [1.82, 2.24) is 10.6 Å². The van der Waals surface area contributed by atoms with Gasteiger partial charge in [0.2, 0.25) is 11.8 Å². The number of carbonyl (C=O) groups is 4. The van der Waals surface area contributed by atoms with Crippen molar-refractivity contribution in [3.8, 4) is 0 Å². The summed E-state index contributed by atoms with van der Waals surface area (Å²) in [5.74, 6) is -1.29. The first-order valence-corrected chi connectivity index (χ1v) is 5.00. The van der Waals surface area contributed by atoms with Gasteiger partial charge in [0, 0.05) is 6.42 Å². The fourth-order valence-electron chi connectivity index (χ4n) is 0.897. The topological polar surface area (TPSA) is 92.3 Å². The van der Waals surface area contributed by atoms with Gasteiger partial charge in [-0.15, -0.1) is 0 Å². The lowest BCUT2D eigenvalue weighted by molar-refractivity contribution is -0.128. The van der Waals surface area contributed by atoms with Crippen molar-refractivity contribution in [3.63, 3.8) is 0 Å². The second-order valence-electron chi connectivity index (χ2n) is 3.32. The van der Waals surface area contributed by atoms with E-state index in [1.807, 2.05) is 0 Å². The van der Waals surface area contributed by atoms with Gasteiger partial charge in [-0.1, -0.05) is 73.8 Å². The number of hydrogen-bond acceptors (Lipinski definition) is 4. The van der Waals surface area contributed by atoms with Crippen LogP contribution in [-0.4, -0.2) is 30.0 Å². The van der Waals surface area contributed by atoms with Crippen molar-refractivity contribution < 1.29 is 19.2 Å². The van der Waals surface area contributed by atoms with Gasteiger partial charge in [0.25, 0.3) is 0 Å². The standard InChI is InChI=1S/C10H16N2O4.9CH4/c1-3-8(14)5-10(16)12-6-11-9(15)4-7(2)13;;;;;;;;;/h3-6H2,1-2H3,(H,11,15)(H,12,16);9*1H4. The molecule has 0 aliphatic carbocycles. The van der Waals surface area contributed by atoms with E-state index in [4.69, 9.17) is 0 Å². The number of rotatable bonds is 7. The molecule has 0 aromatic heterocycles. The Morgan fingerprint density at radius 3 is 1.24 bits per heavy atom. The molecule has 0 rings (SSSR count). The Morgan fingerprint density at radius 1 is 0.640 bits per heavy atom. The van der Waals surface area contributed by atoms with Crippen LogP contribution in [-0.2, 0) is 19.2 Å². The molecule has 0 radical (unpaired) electrons. The summed E-state index contributed by atoms with van der Waals surface area (Å²) in [7, 11) is 0. The van der Waals surface area contributed by atoms with E-state index in [-0.39, 0.29) is 97.9 Å². The third-order valence-electron chi connectivity index (χ3n) is 1.73. The summed E-state index contributed by atoms with van der Waals surface area (Å²) in [5, 5.41) is 4.68. The summed E-state index contributed by atoms with van der Waals surface area (Å²) in [5.41, 5.74) is 0. The van der Waals surface area contributed by atoms with Gasteiger partial charge in [-0.05, 0) is 6.92 Å². The first-order chi connectivity index (χ1) is 7.45. The molecular weight excluding hydrogens is 320 g/mol. The first-order valence-electron chi connectivity index (χ1n) is 5.00. The lowest BCUT2D eigenvalue weighted by Crippen LogP contribution is -2.38. The largest absolute Gasteiger partial charge is 0.338 e. The average molecular weight is 373 g/mol. The highest BCUT2D eigenvalue weighted by Crippen LogP contribution is 1.87. The van der Waals surface area contributed by atoms with Gasteiger partial charge in [0.05, 0.1) is 19.5 Å². The van der Waals surface area contributed by atoms with Crippen molar-refractivity contribution in [1.29, 1.82) is 0 Å². The quantitative estimate of drug-likeness (QED) is 0.471. The maximum Gasteiger partial charge on any atom is 0.228 e. The predicted molar refractivity (Wildman–Crippen MR) is 117 cm³/mol. The van der Waals surface area contributed by atoms with E-state index in [2.05, 4.69) is 10.6 Å². The van der Waals surface area contributed by atoms with Crippen molar-refractivity contribution >= 4 is 23.4 Å². The molecule has 0 aromatic rings. The zero-order valence-electron chi connectivity index (χ0n) is 9.46. The molecule has 25 heavy (non-hydrogen) atoms. The molecule has 0 aliphatic rings. The molecule has 0 saturated carbocycles. The van der Waals surface area contributed by atoms with Crippen molar-refractivity contribution in [2.24, 2.45) is 0 Å². The SMILES string of the molecule is C.C.C.C.C.C.C.C.C.CCC(=O)CC(=O)NCNC(=O)CC(C)=O. The maximum absolute atomic E-state index is 11.1. The molecule has 0 aliphatic heterocycles.